The summed E-state index contributed by atoms with van der Waals surface area (Å²) in [6.07, 6.45) is 36.1. The van der Waals surface area contributed by atoms with E-state index in [-0.39, 0.29) is 25.4 Å². The maximum Gasteiger partial charge on any atom is 0.104 e. The average Bonchev–Trinajstić information content (AvgIpc) is 3.09. The molecule has 47 heavy (non-hydrogen) atoms. The van der Waals surface area contributed by atoms with Crippen molar-refractivity contribution in [3.8, 4) is 0 Å². The van der Waals surface area contributed by atoms with Crippen molar-refractivity contribution in [3.05, 3.63) is 0 Å². The van der Waals surface area contributed by atoms with Gasteiger partial charge in [0.25, 0.3) is 0 Å². The monoisotopic (exact) mass is 671 g/mol. The van der Waals surface area contributed by atoms with Crippen LogP contribution in [0.1, 0.15) is 207 Å². The molecule has 4 atom stereocenters. The number of aliphatic hydroxyl groups excluding tert-OH is 2. The van der Waals surface area contributed by atoms with E-state index in [1.807, 2.05) is 0 Å². The Morgan fingerprint density at radius 1 is 0.340 bits per heavy atom. The minimum absolute atomic E-state index is 0.0379. The molecule has 0 bridgehead atoms. The van der Waals surface area contributed by atoms with Crippen LogP contribution in [0.3, 0.4) is 0 Å². The van der Waals surface area contributed by atoms with Crippen molar-refractivity contribution in [3.63, 3.8) is 0 Å². The Morgan fingerprint density at radius 3 is 0.851 bits per heavy atom. The van der Waals surface area contributed by atoms with E-state index in [1.165, 1.54) is 180 Å². The molecule has 0 aliphatic carbocycles. The number of unbranched alkanes of at least 4 members (excludes halogenated alkanes) is 20. The first kappa shape index (κ1) is 46.8. The van der Waals surface area contributed by atoms with Gasteiger partial charge in [-0.1, -0.05) is 182 Å². The second-order valence-electron chi connectivity index (χ2n) is 14.8. The zero-order chi connectivity index (χ0) is 34.5. The van der Waals surface area contributed by atoms with Crippen molar-refractivity contribution < 1.29 is 24.4 Å². The SMILES string of the molecule is CCCCCCCCCC(CCCCCCC)COC(CO)COCC(CO)OCC(CCCCCCC)CCCCCCCCC. The predicted molar refractivity (Wildman–Crippen MR) is 203 cm³/mol. The fraction of sp³-hybridized carbons (Fsp3) is 1.00. The highest BCUT2D eigenvalue weighted by Gasteiger charge is 2.17. The maximum atomic E-state index is 10.0. The van der Waals surface area contributed by atoms with Crippen LogP contribution in [-0.4, -0.2) is 62.1 Å². The Kier molecular flexibility index (Phi) is 38.4. The van der Waals surface area contributed by atoms with E-state index in [0.717, 1.165) is 0 Å². The van der Waals surface area contributed by atoms with Crippen molar-refractivity contribution in [1.29, 1.82) is 0 Å². The van der Waals surface area contributed by atoms with Crippen molar-refractivity contribution >= 4 is 0 Å². The van der Waals surface area contributed by atoms with E-state index >= 15 is 0 Å². The van der Waals surface area contributed by atoms with Crippen LogP contribution in [0.5, 0.6) is 0 Å². The Hall–Kier alpha value is -0.200. The lowest BCUT2D eigenvalue weighted by Crippen LogP contribution is -2.31. The van der Waals surface area contributed by atoms with Crippen LogP contribution in [0.2, 0.25) is 0 Å². The summed E-state index contributed by atoms with van der Waals surface area (Å²) >= 11 is 0. The summed E-state index contributed by atoms with van der Waals surface area (Å²) in [5, 5.41) is 20.1. The molecule has 0 aromatic heterocycles. The summed E-state index contributed by atoms with van der Waals surface area (Å²) < 4.78 is 18.4. The molecule has 0 aromatic carbocycles. The highest BCUT2D eigenvalue weighted by molar-refractivity contribution is 4.66. The molecule has 0 amide bonds. The van der Waals surface area contributed by atoms with E-state index in [4.69, 9.17) is 14.2 Å². The van der Waals surface area contributed by atoms with Crippen molar-refractivity contribution in [2.24, 2.45) is 11.8 Å². The fourth-order valence-corrected chi connectivity index (χ4v) is 6.66. The van der Waals surface area contributed by atoms with Crippen LogP contribution < -0.4 is 0 Å². The minimum Gasteiger partial charge on any atom is -0.394 e. The van der Waals surface area contributed by atoms with Gasteiger partial charge in [0.15, 0.2) is 0 Å². The Morgan fingerprint density at radius 2 is 0.596 bits per heavy atom. The highest BCUT2D eigenvalue weighted by atomic mass is 16.6. The highest BCUT2D eigenvalue weighted by Crippen LogP contribution is 2.22. The first-order chi connectivity index (χ1) is 23.1. The minimum atomic E-state index is -0.320. The van der Waals surface area contributed by atoms with E-state index in [2.05, 4.69) is 27.7 Å². The number of aliphatic hydroxyl groups is 2. The third-order valence-corrected chi connectivity index (χ3v) is 10.0. The molecule has 0 aliphatic rings. The molecule has 2 N–H and O–H groups in total. The van der Waals surface area contributed by atoms with Gasteiger partial charge in [0.1, 0.15) is 12.2 Å². The molecule has 284 valence electrons. The van der Waals surface area contributed by atoms with Gasteiger partial charge in [-0.25, -0.2) is 0 Å². The van der Waals surface area contributed by atoms with Crippen LogP contribution in [0.4, 0.5) is 0 Å². The number of rotatable bonds is 40. The zero-order valence-electron chi connectivity index (χ0n) is 32.5. The Labute approximate surface area is 295 Å². The normalized spacial score (nSPS) is 14.4. The molecule has 0 rings (SSSR count). The van der Waals surface area contributed by atoms with Gasteiger partial charge in [-0.3, -0.25) is 0 Å². The average molecular weight is 671 g/mol. The van der Waals surface area contributed by atoms with Gasteiger partial charge in [0.05, 0.1) is 26.4 Å². The van der Waals surface area contributed by atoms with Gasteiger partial charge in [0.2, 0.25) is 0 Å². The molecular formula is C42H86O5. The third-order valence-electron chi connectivity index (χ3n) is 10.0. The molecular weight excluding hydrogens is 584 g/mol. The van der Waals surface area contributed by atoms with Crippen LogP contribution in [0.25, 0.3) is 0 Å². The molecule has 0 saturated carbocycles. The third kappa shape index (κ3) is 32.7. The van der Waals surface area contributed by atoms with Crippen LogP contribution in [0, 0.1) is 11.8 Å². The van der Waals surface area contributed by atoms with Crippen LogP contribution in [0.15, 0.2) is 0 Å². The zero-order valence-corrected chi connectivity index (χ0v) is 32.5. The second-order valence-corrected chi connectivity index (χ2v) is 14.8. The first-order valence-electron chi connectivity index (χ1n) is 21.2. The van der Waals surface area contributed by atoms with Crippen LogP contribution in [-0.2, 0) is 14.2 Å². The lowest BCUT2D eigenvalue weighted by Gasteiger charge is -2.24. The molecule has 4 unspecified atom stereocenters. The Bertz CT molecular complexity index is 525. The largest absolute Gasteiger partial charge is 0.394 e. The predicted octanol–water partition coefficient (Wildman–Crippen LogP) is 12.0. The van der Waals surface area contributed by atoms with Crippen molar-refractivity contribution in [2.75, 3.05) is 39.6 Å². The number of hydrogen-bond acceptors (Lipinski definition) is 5. The quantitative estimate of drug-likeness (QED) is 0.0635. The van der Waals surface area contributed by atoms with E-state index in [1.54, 1.807) is 0 Å². The maximum absolute atomic E-state index is 10.0. The van der Waals surface area contributed by atoms with Crippen LogP contribution >= 0.6 is 0 Å². The van der Waals surface area contributed by atoms with Gasteiger partial charge in [-0.05, 0) is 37.5 Å². The molecule has 5 nitrogen and oxygen atoms in total. The van der Waals surface area contributed by atoms with Gasteiger partial charge >= 0.3 is 0 Å². The van der Waals surface area contributed by atoms with E-state index in [0.29, 0.717) is 38.3 Å². The fourth-order valence-electron chi connectivity index (χ4n) is 6.66. The number of hydrogen-bond donors (Lipinski definition) is 2. The summed E-state index contributed by atoms with van der Waals surface area (Å²) in [5.41, 5.74) is 0. The molecule has 0 aliphatic heterocycles. The lowest BCUT2D eigenvalue weighted by atomic mass is 9.94. The Balaban J connectivity index is 4.60. The van der Waals surface area contributed by atoms with E-state index < -0.39 is 0 Å². The van der Waals surface area contributed by atoms with Gasteiger partial charge in [-0.15, -0.1) is 0 Å². The molecule has 0 saturated heterocycles. The molecule has 0 fully saturated rings. The summed E-state index contributed by atoms with van der Waals surface area (Å²) in [4.78, 5) is 0. The molecule has 0 aromatic rings. The molecule has 0 spiro atoms. The second kappa shape index (κ2) is 38.6. The molecule has 0 heterocycles. The van der Waals surface area contributed by atoms with Crippen molar-refractivity contribution in [1.82, 2.24) is 0 Å². The van der Waals surface area contributed by atoms with E-state index in [9.17, 15) is 10.2 Å². The van der Waals surface area contributed by atoms with Gasteiger partial charge in [0, 0.05) is 13.2 Å². The lowest BCUT2D eigenvalue weighted by molar-refractivity contribution is -0.0910. The summed E-state index contributed by atoms with van der Waals surface area (Å²) in [7, 11) is 0. The summed E-state index contributed by atoms with van der Waals surface area (Å²) in [5.74, 6) is 1.12. The van der Waals surface area contributed by atoms with Crippen molar-refractivity contribution in [2.45, 2.75) is 220 Å². The smallest absolute Gasteiger partial charge is 0.104 e. The first-order valence-corrected chi connectivity index (χ1v) is 21.2. The topological polar surface area (TPSA) is 68.2 Å². The standard InChI is InChI=1S/C42H86O5/c1-5-9-13-17-19-23-27-31-39(29-25-21-15-11-7-3)35-46-41(33-43)37-45-38-42(34-44)47-36-40(30-26-22-16-12-8-4)32-28-24-20-18-14-10-6-2/h39-44H,5-38H2,1-4H3. The molecule has 5 heteroatoms. The molecule has 0 radical (unpaired) electrons. The van der Waals surface area contributed by atoms with Gasteiger partial charge < -0.3 is 24.4 Å². The summed E-state index contributed by atoms with van der Waals surface area (Å²) in [6.45, 7) is 11.1. The number of ether oxygens (including phenoxy) is 3. The summed E-state index contributed by atoms with van der Waals surface area (Å²) in [6, 6.07) is 0. The van der Waals surface area contributed by atoms with Gasteiger partial charge in [-0.2, -0.15) is 0 Å².